The molecule has 1 atom stereocenters. The molecule has 1 aromatic rings. The van der Waals surface area contributed by atoms with Gasteiger partial charge in [-0.1, -0.05) is 27.7 Å². The summed E-state index contributed by atoms with van der Waals surface area (Å²) in [6.07, 6.45) is 3.51. The summed E-state index contributed by atoms with van der Waals surface area (Å²) < 4.78 is 0. The number of likely N-dealkylation sites (N-methyl/N-ethyl adjacent to an activating group) is 2. The highest BCUT2D eigenvalue weighted by Crippen LogP contribution is 2.30. The summed E-state index contributed by atoms with van der Waals surface area (Å²) in [6, 6.07) is 2.77. The molecule has 0 aliphatic rings. The molecule has 0 spiro atoms. The molecule has 0 aliphatic heterocycles. The molecule has 1 unspecified atom stereocenters. The molecule has 1 N–H and O–H groups in total. The lowest BCUT2D eigenvalue weighted by Gasteiger charge is -2.48. The minimum Gasteiger partial charge on any atom is -0.315 e. The Morgan fingerprint density at radius 2 is 1.84 bits per heavy atom. The molecule has 2 nitrogen and oxygen atoms in total. The van der Waals surface area contributed by atoms with E-state index in [0.29, 0.717) is 6.04 Å². The Morgan fingerprint density at radius 3 is 2.21 bits per heavy atom. The summed E-state index contributed by atoms with van der Waals surface area (Å²) in [7, 11) is 2.11. The van der Waals surface area contributed by atoms with Crippen molar-refractivity contribution in [2.24, 2.45) is 0 Å². The van der Waals surface area contributed by atoms with E-state index in [4.69, 9.17) is 0 Å². The van der Waals surface area contributed by atoms with Crippen molar-refractivity contribution in [3.8, 4) is 0 Å². The van der Waals surface area contributed by atoms with Crippen LogP contribution in [-0.4, -0.2) is 36.6 Å². The third-order valence-corrected chi connectivity index (χ3v) is 5.37. The fourth-order valence-electron chi connectivity index (χ4n) is 3.47. The quantitative estimate of drug-likeness (QED) is 0.741. The second kappa shape index (κ2) is 8.03. The van der Waals surface area contributed by atoms with Gasteiger partial charge in [-0.15, -0.1) is 0 Å². The molecule has 0 aliphatic carbocycles. The van der Waals surface area contributed by atoms with Crippen molar-refractivity contribution in [1.29, 1.82) is 0 Å². The molecule has 0 saturated heterocycles. The molecule has 0 amide bonds. The molecule has 19 heavy (non-hydrogen) atoms. The number of nitrogens with one attached hydrogen (secondary N) is 1. The normalized spacial score (nSPS) is 14.0. The second-order valence-electron chi connectivity index (χ2n) is 5.16. The van der Waals surface area contributed by atoms with E-state index < -0.39 is 0 Å². The van der Waals surface area contributed by atoms with Gasteiger partial charge in [0.25, 0.3) is 0 Å². The maximum atomic E-state index is 3.60. The molecule has 110 valence electrons. The first-order valence-electron chi connectivity index (χ1n) is 7.61. The van der Waals surface area contributed by atoms with Crippen LogP contribution in [0.3, 0.4) is 0 Å². The van der Waals surface area contributed by atoms with Gasteiger partial charge in [0.15, 0.2) is 0 Å². The van der Waals surface area contributed by atoms with Gasteiger partial charge in [0, 0.05) is 11.6 Å². The molecular weight excluding hydrogens is 252 g/mol. The van der Waals surface area contributed by atoms with Crippen LogP contribution < -0.4 is 5.32 Å². The van der Waals surface area contributed by atoms with Crippen molar-refractivity contribution in [1.82, 2.24) is 10.2 Å². The molecule has 1 aromatic heterocycles. The fraction of sp³-hybridized carbons (Fsp3) is 0.750. The van der Waals surface area contributed by atoms with Crippen molar-refractivity contribution in [2.75, 3.05) is 20.1 Å². The largest absolute Gasteiger partial charge is 0.315 e. The van der Waals surface area contributed by atoms with Crippen LogP contribution in [0, 0.1) is 0 Å². The summed E-state index contributed by atoms with van der Waals surface area (Å²) in [6.45, 7) is 11.5. The summed E-state index contributed by atoms with van der Waals surface area (Å²) in [5, 5.41) is 8.06. The van der Waals surface area contributed by atoms with Crippen LogP contribution in [0.4, 0.5) is 0 Å². The monoisotopic (exact) mass is 282 g/mol. The number of thiophene rings is 1. The Labute approximate surface area is 123 Å². The van der Waals surface area contributed by atoms with Crippen LogP contribution in [0.5, 0.6) is 0 Å². The first-order chi connectivity index (χ1) is 9.18. The van der Waals surface area contributed by atoms with Crippen molar-refractivity contribution in [3.63, 3.8) is 0 Å². The minimum atomic E-state index is 0.264. The zero-order chi connectivity index (χ0) is 14.3. The Morgan fingerprint density at radius 1 is 1.21 bits per heavy atom. The SMILES string of the molecule is CCN(CC)C(CC)(CC)C(Cc1ccsc1)NC. The van der Waals surface area contributed by atoms with E-state index in [1.807, 2.05) is 0 Å². The molecule has 0 fully saturated rings. The lowest BCUT2D eigenvalue weighted by atomic mass is 9.80. The number of rotatable bonds is 9. The van der Waals surface area contributed by atoms with Gasteiger partial charge in [-0.25, -0.2) is 0 Å². The van der Waals surface area contributed by atoms with E-state index in [1.54, 1.807) is 11.3 Å². The van der Waals surface area contributed by atoms with E-state index in [-0.39, 0.29) is 5.54 Å². The maximum Gasteiger partial charge on any atom is 0.0360 e. The van der Waals surface area contributed by atoms with Crippen LogP contribution in [0.1, 0.15) is 46.1 Å². The Balaban J connectivity index is 2.98. The van der Waals surface area contributed by atoms with Crippen LogP contribution in [0.25, 0.3) is 0 Å². The maximum absolute atomic E-state index is 3.60. The first kappa shape index (κ1) is 16.7. The van der Waals surface area contributed by atoms with E-state index in [9.17, 15) is 0 Å². The predicted octanol–water partition coefficient (Wildman–Crippen LogP) is 3.78. The van der Waals surface area contributed by atoms with Gasteiger partial charge in [0.2, 0.25) is 0 Å². The molecule has 0 radical (unpaired) electrons. The molecule has 0 bridgehead atoms. The lowest BCUT2D eigenvalue weighted by Crippen LogP contribution is -2.61. The van der Waals surface area contributed by atoms with Crippen LogP contribution in [-0.2, 0) is 6.42 Å². The van der Waals surface area contributed by atoms with Crippen LogP contribution >= 0.6 is 11.3 Å². The van der Waals surface area contributed by atoms with Gasteiger partial charge in [0.05, 0.1) is 0 Å². The standard InChI is InChI=1S/C16H30N2S/c1-6-16(7-2,18(8-3)9-4)15(17-5)12-14-10-11-19-13-14/h10-11,13,15,17H,6-9,12H2,1-5H3. The molecular formula is C16H30N2S. The van der Waals surface area contributed by atoms with Crippen molar-refractivity contribution >= 4 is 11.3 Å². The van der Waals surface area contributed by atoms with Gasteiger partial charge in [0.1, 0.15) is 0 Å². The molecule has 0 saturated carbocycles. The predicted molar refractivity (Wildman–Crippen MR) is 87.1 cm³/mol. The highest BCUT2D eigenvalue weighted by atomic mass is 32.1. The summed E-state index contributed by atoms with van der Waals surface area (Å²) in [5.74, 6) is 0. The minimum absolute atomic E-state index is 0.264. The third-order valence-electron chi connectivity index (χ3n) is 4.63. The van der Waals surface area contributed by atoms with E-state index >= 15 is 0 Å². The van der Waals surface area contributed by atoms with Gasteiger partial charge >= 0.3 is 0 Å². The van der Waals surface area contributed by atoms with Gasteiger partial charge in [-0.05, 0) is 61.8 Å². The summed E-state index contributed by atoms with van der Waals surface area (Å²) in [4.78, 5) is 2.64. The Bertz CT molecular complexity index is 327. The Hall–Kier alpha value is -0.380. The van der Waals surface area contributed by atoms with Crippen molar-refractivity contribution < 1.29 is 0 Å². The summed E-state index contributed by atoms with van der Waals surface area (Å²) in [5.41, 5.74) is 1.72. The van der Waals surface area contributed by atoms with Crippen molar-refractivity contribution in [2.45, 2.75) is 58.5 Å². The third kappa shape index (κ3) is 3.59. The van der Waals surface area contributed by atoms with E-state index in [1.165, 1.54) is 18.4 Å². The smallest absolute Gasteiger partial charge is 0.0360 e. The molecule has 1 rings (SSSR count). The highest BCUT2D eigenvalue weighted by molar-refractivity contribution is 7.07. The van der Waals surface area contributed by atoms with Gasteiger partial charge in [-0.3, -0.25) is 4.90 Å². The lowest BCUT2D eigenvalue weighted by molar-refractivity contribution is 0.0520. The molecule has 0 aromatic carbocycles. The number of hydrogen-bond acceptors (Lipinski definition) is 3. The van der Waals surface area contributed by atoms with Crippen molar-refractivity contribution in [3.05, 3.63) is 22.4 Å². The summed E-state index contributed by atoms with van der Waals surface area (Å²) >= 11 is 1.80. The van der Waals surface area contributed by atoms with Crippen LogP contribution in [0.2, 0.25) is 0 Å². The average molecular weight is 282 g/mol. The average Bonchev–Trinajstić information content (AvgIpc) is 2.95. The second-order valence-corrected chi connectivity index (χ2v) is 5.94. The Kier molecular flexibility index (Phi) is 7.05. The topological polar surface area (TPSA) is 15.3 Å². The molecule has 3 heteroatoms. The molecule has 1 heterocycles. The van der Waals surface area contributed by atoms with Gasteiger partial charge in [-0.2, -0.15) is 11.3 Å². The zero-order valence-corrected chi connectivity index (χ0v) is 14.0. The number of nitrogens with zero attached hydrogens (tertiary/aromatic N) is 1. The van der Waals surface area contributed by atoms with E-state index in [2.05, 4.69) is 61.8 Å². The zero-order valence-electron chi connectivity index (χ0n) is 13.2. The first-order valence-corrected chi connectivity index (χ1v) is 8.56. The fourth-order valence-corrected chi connectivity index (χ4v) is 4.15. The van der Waals surface area contributed by atoms with Crippen LogP contribution in [0.15, 0.2) is 16.8 Å². The number of hydrogen-bond donors (Lipinski definition) is 1. The highest BCUT2D eigenvalue weighted by Gasteiger charge is 2.38. The van der Waals surface area contributed by atoms with E-state index in [0.717, 1.165) is 19.5 Å². The van der Waals surface area contributed by atoms with Gasteiger partial charge < -0.3 is 5.32 Å².